The number of aryl methyl sites for hydroxylation is 1. The molecule has 3 rings (SSSR count). The van der Waals surface area contributed by atoms with Gasteiger partial charge in [0.05, 0.1) is 5.69 Å². The van der Waals surface area contributed by atoms with Crippen molar-refractivity contribution < 1.29 is 17.6 Å². The van der Waals surface area contributed by atoms with E-state index in [4.69, 9.17) is 0 Å². The molecule has 0 aromatic heterocycles. The van der Waals surface area contributed by atoms with E-state index in [1.54, 1.807) is 6.92 Å². The minimum Gasteiger partial charge on any atom is -0.255 e. The van der Waals surface area contributed by atoms with Crippen molar-refractivity contribution >= 4 is 18.0 Å². The van der Waals surface area contributed by atoms with Crippen molar-refractivity contribution in [3.8, 4) is 0 Å². The van der Waals surface area contributed by atoms with Gasteiger partial charge in [0.2, 0.25) is 0 Å². The summed E-state index contributed by atoms with van der Waals surface area (Å²) in [6.45, 7) is 37.5. The fraction of sp³-hybridized carbons (Fsp3) is 0.548. The first-order chi connectivity index (χ1) is 21.9. The van der Waals surface area contributed by atoms with Crippen LogP contribution in [0.15, 0.2) is 71.3 Å². The van der Waals surface area contributed by atoms with E-state index in [0.29, 0.717) is 18.9 Å². The summed E-state index contributed by atoms with van der Waals surface area (Å²) in [5.74, 6) is -5.23. The van der Waals surface area contributed by atoms with Crippen molar-refractivity contribution in [1.82, 2.24) is 0 Å². The maximum atomic E-state index is 13.2. The largest absolute Gasteiger partial charge is 0.270 e. The van der Waals surface area contributed by atoms with E-state index in [9.17, 15) is 17.6 Å². The van der Waals surface area contributed by atoms with Crippen LogP contribution in [0.5, 0.6) is 0 Å². The summed E-state index contributed by atoms with van der Waals surface area (Å²) in [7, 11) is 0. The van der Waals surface area contributed by atoms with Crippen molar-refractivity contribution in [3.63, 3.8) is 0 Å². The number of hydrogen-bond donors (Lipinski definition) is 0. The second kappa shape index (κ2) is 28.1. The molecule has 0 aliphatic carbocycles. The minimum absolute atomic E-state index is 0.311. The van der Waals surface area contributed by atoms with Gasteiger partial charge in [-0.05, 0) is 74.9 Å². The van der Waals surface area contributed by atoms with Crippen molar-refractivity contribution in [2.75, 3.05) is 0 Å². The zero-order valence-electron chi connectivity index (χ0n) is 32.9. The standard InChI is InChI=1S/C13H13N.C12H14F4.C7H16.C4H8.3C2H6/c1-9(2)10(3)6-11-4-5-13-12(7-11)8-14-13;1-4-8-5-6-9(11(2,13)14)7-10(8)12(3,15)16;1-4-6-7(3)5-2;1-4(2)3;3*1-2/h4-8H,1H2,2-3H3;5-7H,4H2,1-3H3;7H,4-6H2,1-3H3;1H2,2-3H3;3*1-2H3/b10-6+;;;;;;. The van der Waals surface area contributed by atoms with E-state index in [0.717, 1.165) is 30.2 Å². The van der Waals surface area contributed by atoms with Crippen LogP contribution >= 0.6 is 0 Å². The molecule has 5 heteroatoms. The molecule has 1 heterocycles. The van der Waals surface area contributed by atoms with E-state index < -0.39 is 11.8 Å². The number of hydrogen-bond acceptors (Lipinski definition) is 1. The molecule has 0 saturated carbocycles. The highest BCUT2D eigenvalue weighted by Crippen LogP contribution is 2.35. The average molecular weight is 664 g/mol. The van der Waals surface area contributed by atoms with Crippen molar-refractivity contribution in [3.05, 3.63) is 94.1 Å². The highest BCUT2D eigenvalue weighted by atomic mass is 19.3. The molecule has 1 unspecified atom stereocenters. The van der Waals surface area contributed by atoms with Crippen LogP contribution in [0.3, 0.4) is 0 Å². The van der Waals surface area contributed by atoms with Gasteiger partial charge >= 0.3 is 0 Å². The molecule has 0 radical (unpaired) electrons. The highest BCUT2D eigenvalue weighted by molar-refractivity contribution is 5.97. The van der Waals surface area contributed by atoms with Gasteiger partial charge in [-0.2, -0.15) is 0 Å². The maximum absolute atomic E-state index is 13.2. The summed E-state index contributed by atoms with van der Waals surface area (Å²) in [6, 6.07) is 9.73. The van der Waals surface area contributed by atoms with Gasteiger partial charge in [0.25, 0.3) is 11.8 Å². The van der Waals surface area contributed by atoms with Crippen molar-refractivity contribution in [2.24, 2.45) is 10.9 Å². The molecule has 0 N–H and O–H groups in total. The van der Waals surface area contributed by atoms with E-state index >= 15 is 0 Å². The molecule has 1 atom stereocenters. The Hall–Kier alpha value is -2.95. The smallest absolute Gasteiger partial charge is 0.255 e. The summed E-state index contributed by atoms with van der Waals surface area (Å²) in [5.41, 5.74) is 6.76. The van der Waals surface area contributed by atoms with Crippen molar-refractivity contribution in [2.45, 2.75) is 148 Å². The molecule has 2 aromatic rings. The van der Waals surface area contributed by atoms with Gasteiger partial charge in [-0.3, -0.25) is 4.99 Å². The number of halogens is 4. The van der Waals surface area contributed by atoms with Gasteiger partial charge in [-0.25, -0.2) is 17.6 Å². The summed E-state index contributed by atoms with van der Waals surface area (Å²) >= 11 is 0. The first-order valence-corrected chi connectivity index (χ1v) is 17.4. The highest BCUT2D eigenvalue weighted by Gasteiger charge is 2.31. The molecule has 0 bridgehead atoms. The lowest BCUT2D eigenvalue weighted by Gasteiger charge is -2.18. The topological polar surface area (TPSA) is 12.4 Å². The van der Waals surface area contributed by atoms with Crippen LogP contribution in [0.25, 0.3) is 6.08 Å². The molecule has 0 amide bonds. The molecule has 47 heavy (non-hydrogen) atoms. The number of allylic oxidation sites excluding steroid dienone is 3. The Labute approximate surface area is 288 Å². The Bertz CT molecular complexity index is 1170. The van der Waals surface area contributed by atoms with Crippen LogP contribution in [0.2, 0.25) is 0 Å². The van der Waals surface area contributed by atoms with E-state index in [1.807, 2.05) is 74.6 Å². The molecular weight excluding hydrogens is 594 g/mol. The van der Waals surface area contributed by atoms with Crippen LogP contribution in [0.4, 0.5) is 23.2 Å². The molecule has 0 saturated heterocycles. The molecule has 270 valence electrons. The monoisotopic (exact) mass is 664 g/mol. The van der Waals surface area contributed by atoms with Gasteiger partial charge in [0, 0.05) is 36.8 Å². The predicted molar refractivity (Wildman–Crippen MR) is 206 cm³/mol. The minimum atomic E-state index is -3.09. The quantitative estimate of drug-likeness (QED) is 0.129. The third-order valence-electron chi connectivity index (χ3n) is 6.40. The van der Waals surface area contributed by atoms with Crippen LogP contribution in [0.1, 0.15) is 158 Å². The molecule has 1 aliphatic heterocycles. The Morgan fingerprint density at radius 3 is 1.62 bits per heavy atom. The lowest BCUT2D eigenvalue weighted by Crippen LogP contribution is -2.14. The van der Waals surface area contributed by atoms with E-state index in [1.165, 1.54) is 53.7 Å². The molecule has 1 aliphatic rings. The van der Waals surface area contributed by atoms with Crippen LogP contribution in [0, 0.1) is 5.92 Å². The number of nitrogens with zero attached hydrogens (tertiary/aromatic N) is 1. The molecule has 1 nitrogen and oxygen atoms in total. The summed E-state index contributed by atoms with van der Waals surface area (Å²) < 4.78 is 52.5. The average Bonchev–Trinajstić information content (AvgIpc) is 3.00. The Morgan fingerprint density at radius 2 is 1.32 bits per heavy atom. The second-order valence-corrected chi connectivity index (χ2v) is 11.2. The molecule has 0 fully saturated rings. The molecule has 2 aromatic carbocycles. The Morgan fingerprint density at radius 1 is 0.809 bits per heavy atom. The fourth-order valence-corrected chi connectivity index (χ4v) is 3.59. The summed E-state index contributed by atoms with van der Waals surface area (Å²) in [6.07, 6.45) is 8.52. The van der Waals surface area contributed by atoms with Crippen LogP contribution in [-0.2, 0) is 18.3 Å². The number of aliphatic imine (C=N–C) groups is 1. The zero-order chi connectivity index (χ0) is 38.0. The molecular formula is C42H69F4N. The first-order valence-electron chi connectivity index (χ1n) is 17.4. The molecule has 0 spiro atoms. The zero-order valence-corrected chi connectivity index (χ0v) is 32.9. The second-order valence-electron chi connectivity index (χ2n) is 11.2. The van der Waals surface area contributed by atoms with Crippen molar-refractivity contribution in [1.29, 1.82) is 0 Å². The van der Waals surface area contributed by atoms with Crippen LogP contribution < -0.4 is 0 Å². The van der Waals surface area contributed by atoms with E-state index in [-0.39, 0.29) is 11.1 Å². The summed E-state index contributed by atoms with van der Waals surface area (Å²) in [4.78, 5) is 4.12. The van der Waals surface area contributed by atoms with Gasteiger partial charge in [0.1, 0.15) is 0 Å². The first kappa shape index (κ1) is 50.9. The Balaban J connectivity index is -0.000000270. The van der Waals surface area contributed by atoms with Crippen LogP contribution in [-0.4, -0.2) is 6.21 Å². The fourth-order valence-electron chi connectivity index (χ4n) is 3.59. The third kappa shape index (κ3) is 23.9. The van der Waals surface area contributed by atoms with Gasteiger partial charge in [-0.15, -0.1) is 6.58 Å². The van der Waals surface area contributed by atoms with E-state index in [2.05, 4.69) is 64.1 Å². The SMILES string of the molecule is C=C(C)/C(C)=C/c1ccc2c(c1)C=N2.C=C(C)C.CC.CC.CC.CCCC(C)CC.CCc1ccc(C(C)(F)F)cc1C(C)(F)F. The summed E-state index contributed by atoms with van der Waals surface area (Å²) in [5, 5.41) is 0. The number of fused-ring (bicyclic) bond motifs is 1. The normalized spacial score (nSPS) is 11.4. The third-order valence-corrected chi connectivity index (χ3v) is 6.40. The van der Waals surface area contributed by atoms with Gasteiger partial charge in [0.15, 0.2) is 0 Å². The number of benzene rings is 2. The number of alkyl halides is 4. The van der Waals surface area contributed by atoms with Gasteiger partial charge < -0.3 is 0 Å². The lowest BCUT2D eigenvalue weighted by molar-refractivity contribution is 0.00999. The number of rotatable bonds is 8. The van der Waals surface area contributed by atoms with Gasteiger partial charge in [-0.1, -0.05) is 131 Å². The lowest BCUT2D eigenvalue weighted by atomic mass is 9.96. The maximum Gasteiger partial charge on any atom is 0.270 e. The predicted octanol–water partition coefficient (Wildman–Crippen LogP) is 15.7. The Kier molecular flexibility index (Phi) is 30.4.